The third-order valence-corrected chi connectivity index (χ3v) is 7.38. The van der Waals surface area contributed by atoms with E-state index in [-0.39, 0.29) is 31.2 Å². The molecule has 0 radical (unpaired) electrons. The fraction of sp³-hybridized carbons (Fsp3) is 0.333. The molecule has 176 valence electrons. The lowest BCUT2D eigenvalue weighted by molar-refractivity contribution is -0.734. The van der Waals surface area contributed by atoms with E-state index in [1.54, 1.807) is 54.9 Å². The number of nitrogens with zero attached hydrogens (tertiary/aromatic N) is 1. The molecule has 9 nitrogen and oxygen atoms in total. The number of nitrogens with one attached hydrogen (secondary N) is 1. The number of hydrogen-bond acceptors (Lipinski definition) is 5. The summed E-state index contributed by atoms with van der Waals surface area (Å²) in [4.78, 5) is 53.5. The zero-order valence-corrected chi connectivity index (χ0v) is 19.2. The molecule has 1 spiro atoms. The summed E-state index contributed by atoms with van der Waals surface area (Å²) in [6, 6.07) is 11.7. The number of carbonyl (C=O) groups excluding carboxylic acids is 4. The quantitative estimate of drug-likeness (QED) is 0.514. The van der Waals surface area contributed by atoms with Gasteiger partial charge in [-0.05, 0) is 35.9 Å². The first-order valence-electron chi connectivity index (χ1n) is 11.0. The third-order valence-electron chi connectivity index (χ3n) is 7.15. The van der Waals surface area contributed by atoms with E-state index in [9.17, 15) is 19.2 Å². The van der Waals surface area contributed by atoms with E-state index in [0.29, 0.717) is 22.0 Å². The molecular weight excluding hydrogens is 460 g/mol. The Bertz CT molecular complexity index is 1220. The highest BCUT2D eigenvalue weighted by molar-refractivity contribution is 6.31. The minimum absolute atomic E-state index is 0.0461. The van der Waals surface area contributed by atoms with Gasteiger partial charge < -0.3 is 21.1 Å². The van der Waals surface area contributed by atoms with Crippen molar-refractivity contribution in [3.05, 3.63) is 58.6 Å². The van der Waals surface area contributed by atoms with Crippen LogP contribution in [0.1, 0.15) is 24.0 Å². The number of likely N-dealkylation sites (tertiary alicyclic amines) is 1. The maximum absolute atomic E-state index is 13.8. The summed E-state index contributed by atoms with van der Waals surface area (Å²) in [7, 11) is 1.56. The van der Waals surface area contributed by atoms with Crippen LogP contribution in [0.25, 0.3) is 0 Å². The maximum Gasteiger partial charge on any atom is 0.291 e. The summed E-state index contributed by atoms with van der Waals surface area (Å²) in [5.41, 5.74) is 5.93. The molecule has 34 heavy (non-hydrogen) atoms. The largest absolute Gasteiger partial charge is 0.497 e. The van der Waals surface area contributed by atoms with Crippen LogP contribution in [0, 0.1) is 11.8 Å². The highest BCUT2D eigenvalue weighted by Gasteiger charge is 2.74. The number of imide groups is 1. The zero-order valence-electron chi connectivity index (χ0n) is 18.4. The van der Waals surface area contributed by atoms with Gasteiger partial charge >= 0.3 is 0 Å². The van der Waals surface area contributed by atoms with Crippen molar-refractivity contribution >= 4 is 40.9 Å². The Morgan fingerprint density at radius 1 is 1.18 bits per heavy atom. The van der Waals surface area contributed by atoms with Crippen LogP contribution in [-0.2, 0) is 31.3 Å². The number of fused-ring (bicyclic) bond motifs is 4. The second-order valence-electron chi connectivity index (χ2n) is 8.96. The molecule has 0 unspecified atom stereocenters. The molecule has 2 saturated heterocycles. The molecule has 0 aliphatic carbocycles. The highest BCUT2D eigenvalue weighted by atomic mass is 35.5. The average molecular weight is 484 g/mol. The van der Waals surface area contributed by atoms with Crippen molar-refractivity contribution in [1.29, 1.82) is 0 Å². The van der Waals surface area contributed by atoms with E-state index in [2.05, 4.69) is 5.32 Å². The van der Waals surface area contributed by atoms with Gasteiger partial charge in [0, 0.05) is 23.4 Å². The van der Waals surface area contributed by atoms with E-state index >= 15 is 0 Å². The third kappa shape index (κ3) is 3.26. The minimum atomic E-state index is -1.34. The normalized spacial score (nSPS) is 27.2. The molecule has 2 aromatic rings. The fourth-order valence-corrected chi connectivity index (χ4v) is 5.81. The Morgan fingerprint density at radius 3 is 2.59 bits per heavy atom. The SMILES string of the molecule is COc1ccc(CN2C(=O)[C@@H]3[C@@H](C2=O)[C@]2([NH2+][C@@H]3CCC(N)=O)C(=O)Nc3ccc(Cl)cc32)cc1. The molecule has 0 bridgehead atoms. The Labute approximate surface area is 200 Å². The van der Waals surface area contributed by atoms with Crippen molar-refractivity contribution in [2.75, 3.05) is 12.4 Å². The van der Waals surface area contributed by atoms with Gasteiger partial charge in [0.1, 0.15) is 23.6 Å². The van der Waals surface area contributed by atoms with Crippen LogP contribution in [0.5, 0.6) is 5.75 Å². The molecule has 0 saturated carbocycles. The number of methoxy groups -OCH3 is 1. The van der Waals surface area contributed by atoms with Gasteiger partial charge in [-0.1, -0.05) is 23.7 Å². The maximum atomic E-state index is 13.8. The predicted octanol–water partition coefficient (Wildman–Crippen LogP) is 0.509. The van der Waals surface area contributed by atoms with Crippen LogP contribution < -0.4 is 21.1 Å². The van der Waals surface area contributed by atoms with Gasteiger partial charge in [-0.25, -0.2) is 0 Å². The molecule has 5 rings (SSSR count). The number of halogens is 1. The van der Waals surface area contributed by atoms with E-state index < -0.39 is 35.2 Å². The number of benzene rings is 2. The van der Waals surface area contributed by atoms with Crippen molar-refractivity contribution in [2.45, 2.75) is 31.0 Å². The Hall–Kier alpha value is -3.43. The summed E-state index contributed by atoms with van der Waals surface area (Å²) in [5, 5.41) is 5.04. The number of hydrogen-bond donors (Lipinski definition) is 3. The molecule has 3 aliphatic rings. The Balaban J connectivity index is 1.56. The van der Waals surface area contributed by atoms with E-state index in [0.717, 1.165) is 5.56 Å². The molecule has 2 aromatic carbocycles. The first-order valence-corrected chi connectivity index (χ1v) is 11.4. The fourth-order valence-electron chi connectivity index (χ4n) is 5.64. The Morgan fingerprint density at radius 2 is 1.91 bits per heavy atom. The number of ether oxygens (including phenoxy) is 1. The topological polar surface area (TPSA) is 135 Å². The lowest BCUT2D eigenvalue weighted by Crippen LogP contribution is -2.99. The van der Waals surface area contributed by atoms with E-state index in [1.807, 2.05) is 0 Å². The van der Waals surface area contributed by atoms with Crippen LogP contribution >= 0.6 is 11.6 Å². The van der Waals surface area contributed by atoms with Gasteiger partial charge in [0.05, 0.1) is 19.3 Å². The van der Waals surface area contributed by atoms with Gasteiger partial charge in [0.15, 0.2) is 0 Å². The zero-order chi connectivity index (χ0) is 24.2. The second kappa shape index (κ2) is 8.11. The summed E-state index contributed by atoms with van der Waals surface area (Å²) in [6.07, 6.45) is 0.321. The monoisotopic (exact) mass is 483 g/mol. The molecule has 4 atom stereocenters. The van der Waals surface area contributed by atoms with Crippen LogP contribution in [0.4, 0.5) is 5.69 Å². The second-order valence-corrected chi connectivity index (χ2v) is 9.40. The summed E-state index contributed by atoms with van der Waals surface area (Å²) in [5.74, 6) is -2.65. The lowest BCUT2D eigenvalue weighted by Gasteiger charge is -2.26. The standard InChI is InChI=1S/C24H23ClN4O5/c1-34-14-5-2-12(3-6-14)11-29-21(31)19-17(8-9-18(26)30)28-24(20(19)22(29)32)15-10-13(25)4-7-16(15)27-23(24)33/h2-7,10,17,19-20,28H,8-9,11H2,1H3,(H2,26,30)(H,27,33)/p+1/t17-,19+,20+,24+/m1/s1. The number of anilines is 1. The summed E-state index contributed by atoms with van der Waals surface area (Å²) in [6.45, 7) is 0.0807. The predicted molar refractivity (Wildman–Crippen MR) is 121 cm³/mol. The van der Waals surface area contributed by atoms with Gasteiger partial charge in [0.2, 0.25) is 23.3 Å². The molecular formula is C24H24ClN4O5+. The Kier molecular flexibility index (Phi) is 5.33. The van der Waals surface area contributed by atoms with Crippen LogP contribution in [0.2, 0.25) is 5.02 Å². The number of nitrogens with two attached hydrogens (primary N) is 2. The summed E-state index contributed by atoms with van der Waals surface area (Å²) >= 11 is 6.25. The van der Waals surface area contributed by atoms with Crippen molar-refractivity contribution < 1.29 is 29.2 Å². The van der Waals surface area contributed by atoms with Crippen molar-refractivity contribution in [1.82, 2.24) is 4.90 Å². The molecule has 2 fully saturated rings. The minimum Gasteiger partial charge on any atom is -0.497 e. The van der Waals surface area contributed by atoms with E-state index in [1.165, 1.54) is 4.90 Å². The number of rotatable bonds is 6. The van der Waals surface area contributed by atoms with Crippen LogP contribution in [0.15, 0.2) is 42.5 Å². The first-order chi connectivity index (χ1) is 16.3. The van der Waals surface area contributed by atoms with Crippen molar-refractivity contribution in [2.24, 2.45) is 17.6 Å². The molecule has 3 aliphatic heterocycles. The van der Waals surface area contributed by atoms with Gasteiger partial charge in [-0.3, -0.25) is 24.1 Å². The van der Waals surface area contributed by atoms with Gasteiger partial charge in [-0.2, -0.15) is 0 Å². The van der Waals surface area contributed by atoms with Gasteiger partial charge in [-0.15, -0.1) is 0 Å². The molecule has 10 heteroatoms. The number of amides is 4. The highest BCUT2D eigenvalue weighted by Crippen LogP contribution is 2.50. The number of primary amides is 1. The molecule has 3 heterocycles. The van der Waals surface area contributed by atoms with Crippen molar-refractivity contribution in [3.8, 4) is 5.75 Å². The smallest absolute Gasteiger partial charge is 0.291 e. The van der Waals surface area contributed by atoms with Crippen LogP contribution in [-0.4, -0.2) is 41.7 Å². The summed E-state index contributed by atoms with van der Waals surface area (Å²) < 4.78 is 5.18. The lowest BCUT2D eigenvalue weighted by atomic mass is 9.76. The average Bonchev–Trinajstić information content (AvgIpc) is 3.39. The molecule has 4 amide bonds. The van der Waals surface area contributed by atoms with Crippen LogP contribution in [0.3, 0.4) is 0 Å². The number of carbonyl (C=O) groups is 4. The molecule has 0 aromatic heterocycles. The van der Waals surface area contributed by atoms with Crippen molar-refractivity contribution in [3.63, 3.8) is 0 Å². The van der Waals surface area contributed by atoms with Gasteiger partial charge in [0.25, 0.3) is 5.91 Å². The number of quaternary nitrogens is 1. The molecule has 5 N–H and O–H groups in total. The van der Waals surface area contributed by atoms with E-state index in [4.69, 9.17) is 22.1 Å². The first kappa shape index (κ1) is 22.4.